The molecule has 1 N–H and O–H groups in total. The summed E-state index contributed by atoms with van der Waals surface area (Å²) in [5.74, 6) is 1.70. The van der Waals surface area contributed by atoms with E-state index in [9.17, 15) is 4.79 Å². The van der Waals surface area contributed by atoms with Gasteiger partial charge in [-0.15, -0.1) is 0 Å². The molecule has 24 heavy (non-hydrogen) atoms. The van der Waals surface area contributed by atoms with Gasteiger partial charge in [0.25, 0.3) is 0 Å². The van der Waals surface area contributed by atoms with Crippen LogP contribution in [0.5, 0.6) is 0 Å². The summed E-state index contributed by atoms with van der Waals surface area (Å²) in [5.41, 5.74) is 0. The van der Waals surface area contributed by atoms with E-state index in [1.807, 2.05) is 6.07 Å². The molecule has 2 aliphatic heterocycles. The molecule has 0 aromatic carbocycles. The number of rotatable bonds is 6. The SMILES string of the molecule is CCC[C@@H]1CN(Cc2ncccn2)C[C@H]1NC(=O)C1CCOCC1. The number of likely N-dealkylation sites (tertiary alicyclic amines) is 1. The molecule has 0 bridgehead atoms. The standard InChI is InChI=1S/C18H28N4O2/c1-2-4-15-11-22(13-17-19-7-3-8-20-17)12-16(15)21-18(23)14-5-9-24-10-6-14/h3,7-8,14-16H,2,4-6,9-13H2,1H3,(H,21,23)/t15-,16-/m1/s1. The van der Waals surface area contributed by atoms with Crippen molar-refractivity contribution >= 4 is 5.91 Å². The van der Waals surface area contributed by atoms with Crippen molar-refractivity contribution in [2.75, 3.05) is 26.3 Å². The molecule has 3 rings (SSSR count). The van der Waals surface area contributed by atoms with Crippen LogP contribution in [-0.4, -0.2) is 53.1 Å². The van der Waals surface area contributed by atoms with Crippen LogP contribution in [0.3, 0.4) is 0 Å². The van der Waals surface area contributed by atoms with Crippen molar-refractivity contribution < 1.29 is 9.53 Å². The highest BCUT2D eigenvalue weighted by Crippen LogP contribution is 2.24. The monoisotopic (exact) mass is 332 g/mol. The fraction of sp³-hybridized carbons (Fsp3) is 0.722. The lowest BCUT2D eigenvalue weighted by atomic mass is 9.95. The smallest absolute Gasteiger partial charge is 0.223 e. The summed E-state index contributed by atoms with van der Waals surface area (Å²) >= 11 is 0. The van der Waals surface area contributed by atoms with Crippen LogP contribution in [0.25, 0.3) is 0 Å². The predicted octanol–water partition coefficient (Wildman–Crippen LogP) is 1.62. The van der Waals surface area contributed by atoms with Crippen molar-refractivity contribution in [3.05, 3.63) is 24.3 Å². The van der Waals surface area contributed by atoms with E-state index in [2.05, 4.69) is 27.1 Å². The van der Waals surface area contributed by atoms with Gasteiger partial charge in [0.15, 0.2) is 0 Å². The van der Waals surface area contributed by atoms with E-state index in [0.29, 0.717) is 19.1 Å². The second-order valence-electron chi connectivity index (χ2n) is 6.91. The zero-order chi connectivity index (χ0) is 16.8. The molecule has 0 spiro atoms. The molecule has 2 saturated heterocycles. The van der Waals surface area contributed by atoms with Gasteiger partial charge in [-0.2, -0.15) is 0 Å². The van der Waals surface area contributed by atoms with Gasteiger partial charge >= 0.3 is 0 Å². The third-order valence-corrected chi connectivity index (χ3v) is 5.08. The van der Waals surface area contributed by atoms with Crippen LogP contribution < -0.4 is 5.32 Å². The van der Waals surface area contributed by atoms with Crippen LogP contribution in [0.15, 0.2) is 18.5 Å². The number of hydrogen-bond acceptors (Lipinski definition) is 5. The normalized spacial score (nSPS) is 25.7. The van der Waals surface area contributed by atoms with Crippen molar-refractivity contribution in [3.63, 3.8) is 0 Å². The van der Waals surface area contributed by atoms with Crippen molar-refractivity contribution in [3.8, 4) is 0 Å². The van der Waals surface area contributed by atoms with E-state index in [1.165, 1.54) is 0 Å². The molecule has 6 nitrogen and oxygen atoms in total. The van der Waals surface area contributed by atoms with Crippen LogP contribution >= 0.6 is 0 Å². The van der Waals surface area contributed by atoms with E-state index in [4.69, 9.17) is 4.74 Å². The van der Waals surface area contributed by atoms with Gasteiger partial charge in [0.05, 0.1) is 6.54 Å². The van der Waals surface area contributed by atoms with Gasteiger partial charge in [0.2, 0.25) is 5.91 Å². The first kappa shape index (κ1) is 17.3. The molecule has 1 aromatic heterocycles. The minimum Gasteiger partial charge on any atom is -0.381 e. The number of aromatic nitrogens is 2. The summed E-state index contributed by atoms with van der Waals surface area (Å²) in [6, 6.07) is 2.08. The van der Waals surface area contributed by atoms with Gasteiger partial charge < -0.3 is 10.1 Å². The summed E-state index contributed by atoms with van der Waals surface area (Å²) in [6.45, 7) is 6.27. The van der Waals surface area contributed by atoms with E-state index < -0.39 is 0 Å². The molecule has 2 atom stereocenters. The summed E-state index contributed by atoms with van der Waals surface area (Å²) in [4.78, 5) is 23.6. The van der Waals surface area contributed by atoms with Crippen LogP contribution in [0.1, 0.15) is 38.4 Å². The second kappa shape index (κ2) is 8.53. The lowest BCUT2D eigenvalue weighted by Gasteiger charge is -2.25. The molecular weight excluding hydrogens is 304 g/mol. The Bertz CT molecular complexity index is 519. The Labute approximate surface area is 144 Å². The first-order valence-corrected chi connectivity index (χ1v) is 9.12. The fourth-order valence-corrected chi connectivity index (χ4v) is 3.79. The third kappa shape index (κ3) is 4.51. The molecular formula is C18H28N4O2. The van der Waals surface area contributed by atoms with Gasteiger partial charge in [-0.25, -0.2) is 9.97 Å². The van der Waals surface area contributed by atoms with Crippen LogP contribution in [0.4, 0.5) is 0 Å². The number of carbonyl (C=O) groups is 1. The molecule has 0 radical (unpaired) electrons. The first-order valence-electron chi connectivity index (χ1n) is 9.12. The van der Waals surface area contributed by atoms with Crippen LogP contribution in [0.2, 0.25) is 0 Å². The molecule has 0 aliphatic carbocycles. The number of nitrogens with one attached hydrogen (secondary N) is 1. The number of ether oxygens (including phenoxy) is 1. The Balaban J connectivity index is 1.57. The Morgan fingerprint density at radius 1 is 1.29 bits per heavy atom. The summed E-state index contributed by atoms with van der Waals surface area (Å²) in [7, 11) is 0. The summed E-state index contributed by atoms with van der Waals surface area (Å²) in [6.07, 6.45) is 7.55. The van der Waals surface area contributed by atoms with E-state index in [-0.39, 0.29) is 17.9 Å². The van der Waals surface area contributed by atoms with Gasteiger partial charge in [0, 0.05) is 50.7 Å². The van der Waals surface area contributed by atoms with E-state index >= 15 is 0 Å². The Morgan fingerprint density at radius 3 is 2.75 bits per heavy atom. The van der Waals surface area contributed by atoms with Crippen molar-refractivity contribution in [2.24, 2.45) is 11.8 Å². The van der Waals surface area contributed by atoms with Gasteiger partial charge in [-0.1, -0.05) is 13.3 Å². The molecule has 0 saturated carbocycles. The maximum Gasteiger partial charge on any atom is 0.223 e. The van der Waals surface area contributed by atoms with E-state index in [1.54, 1.807) is 12.4 Å². The van der Waals surface area contributed by atoms with Crippen molar-refractivity contribution in [1.82, 2.24) is 20.2 Å². The molecule has 6 heteroatoms. The average Bonchev–Trinajstić information content (AvgIpc) is 2.98. The minimum atomic E-state index is 0.118. The van der Waals surface area contributed by atoms with E-state index in [0.717, 1.165) is 51.1 Å². The molecule has 0 unspecified atom stereocenters. The molecule has 2 fully saturated rings. The largest absolute Gasteiger partial charge is 0.381 e. The number of amides is 1. The van der Waals surface area contributed by atoms with Gasteiger partial charge in [-0.3, -0.25) is 9.69 Å². The zero-order valence-electron chi connectivity index (χ0n) is 14.5. The highest BCUT2D eigenvalue weighted by atomic mass is 16.5. The van der Waals surface area contributed by atoms with Crippen LogP contribution in [0, 0.1) is 11.8 Å². The molecule has 132 valence electrons. The van der Waals surface area contributed by atoms with Crippen molar-refractivity contribution in [2.45, 2.75) is 45.2 Å². The first-order chi connectivity index (χ1) is 11.8. The quantitative estimate of drug-likeness (QED) is 0.857. The molecule has 1 aromatic rings. The predicted molar refractivity (Wildman–Crippen MR) is 91.2 cm³/mol. The summed E-state index contributed by atoms with van der Waals surface area (Å²) < 4.78 is 5.36. The number of hydrogen-bond donors (Lipinski definition) is 1. The van der Waals surface area contributed by atoms with Gasteiger partial charge in [-0.05, 0) is 31.2 Å². The molecule has 1 amide bonds. The minimum absolute atomic E-state index is 0.118. The van der Waals surface area contributed by atoms with Gasteiger partial charge in [0.1, 0.15) is 5.82 Å². The van der Waals surface area contributed by atoms with Crippen LogP contribution in [-0.2, 0) is 16.1 Å². The molecule has 2 aliphatic rings. The summed E-state index contributed by atoms with van der Waals surface area (Å²) in [5, 5.41) is 3.32. The third-order valence-electron chi connectivity index (χ3n) is 5.08. The Kier molecular flexibility index (Phi) is 6.15. The Morgan fingerprint density at radius 2 is 2.04 bits per heavy atom. The topological polar surface area (TPSA) is 67.4 Å². The maximum atomic E-state index is 12.6. The highest BCUT2D eigenvalue weighted by molar-refractivity contribution is 5.79. The zero-order valence-corrected chi connectivity index (χ0v) is 14.5. The lowest BCUT2D eigenvalue weighted by molar-refractivity contribution is -0.128. The highest BCUT2D eigenvalue weighted by Gasteiger charge is 2.34. The fourth-order valence-electron chi connectivity index (χ4n) is 3.79. The number of carbonyl (C=O) groups excluding carboxylic acids is 1. The average molecular weight is 332 g/mol. The Hall–Kier alpha value is -1.53. The van der Waals surface area contributed by atoms with Crippen molar-refractivity contribution in [1.29, 1.82) is 0 Å². The second-order valence-corrected chi connectivity index (χ2v) is 6.91. The maximum absolute atomic E-state index is 12.6. The molecule has 3 heterocycles. The number of nitrogens with zero attached hydrogens (tertiary/aromatic N) is 3. The lowest BCUT2D eigenvalue weighted by Crippen LogP contribution is -2.44.